The Morgan fingerprint density at radius 2 is 1.88 bits per heavy atom. The summed E-state index contributed by atoms with van der Waals surface area (Å²) in [6.07, 6.45) is 7.31. The topological polar surface area (TPSA) is 46.2 Å². The van der Waals surface area contributed by atoms with Crippen LogP contribution in [-0.2, 0) is 9.84 Å². The van der Waals surface area contributed by atoms with Crippen LogP contribution in [0.25, 0.3) is 0 Å². The summed E-state index contributed by atoms with van der Waals surface area (Å²) in [5.41, 5.74) is 0.438. The number of nitrogens with one attached hydrogen (secondary N) is 1. The summed E-state index contributed by atoms with van der Waals surface area (Å²) < 4.78 is 22.8. The molecule has 0 aromatic carbocycles. The zero-order valence-corrected chi connectivity index (χ0v) is 12.1. The maximum absolute atomic E-state index is 11.4. The maximum atomic E-state index is 11.4. The second-order valence-corrected chi connectivity index (χ2v) is 9.02. The van der Waals surface area contributed by atoms with Crippen LogP contribution in [0.15, 0.2) is 0 Å². The van der Waals surface area contributed by atoms with E-state index in [0.717, 1.165) is 19.4 Å². The van der Waals surface area contributed by atoms with Gasteiger partial charge < -0.3 is 5.32 Å². The van der Waals surface area contributed by atoms with Gasteiger partial charge in [-0.05, 0) is 36.5 Å². The molecule has 0 bridgehead atoms. The van der Waals surface area contributed by atoms with Gasteiger partial charge in [-0.3, -0.25) is 0 Å². The quantitative estimate of drug-likeness (QED) is 0.821. The monoisotopic (exact) mass is 259 g/mol. The van der Waals surface area contributed by atoms with Gasteiger partial charge in [0, 0.05) is 18.8 Å². The minimum absolute atomic E-state index is 0.0618. The fourth-order valence-corrected chi connectivity index (χ4v) is 4.65. The lowest BCUT2D eigenvalue weighted by Gasteiger charge is -2.29. The molecular formula is C13H25NO2S. The summed E-state index contributed by atoms with van der Waals surface area (Å²) >= 11 is 0. The van der Waals surface area contributed by atoms with Crippen molar-refractivity contribution in [2.24, 2.45) is 10.8 Å². The molecule has 2 fully saturated rings. The van der Waals surface area contributed by atoms with E-state index in [-0.39, 0.29) is 5.41 Å². The van der Waals surface area contributed by atoms with Crippen molar-refractivity contribution in [2.75, 3.05) is 18.6 Å². The van der Waals surface area contributed by atoms with Crippen LogP contribution in [0.4, 0.5) is 0 Å². The van der Waals surface area contributed by atoms with Crippen molar-refractivity contribution in [1.29, 1.82) is 0 Å². The minimum Gasteiger partial charge on any atom is -0.313 e. The van der Waals surface area contributed by atoms with Crippen LogP contribution in [0, 0.1) is 10.8 Å². The molecule has 2 rings (SSSR count). The summed E-state index contributed by atoms with van der Waals surface area (Å²) in [7, 11) is -2.83. The highest BCUT2D eigenvalue weighted by atomic mass is 32.2. The van der Waals surface area contributed by atoms with Gasteiger partial charge in [0.05, 0.1) is 5.75 Å². The molecule has 100 valence electrons. The van der Waals surface area contributed by atoms with Gasteiger partial charge in [-0.1, -0.05) is 20.3 Å². The van der Waals surface area contributed by atoms with Crippen LogP contribution in [0.1, 0.15) is 46.0 Å². The fourth-order valence-electron chi connectivity index (χ4n) is 3.15. The molecule has 0 heterocycles. The Morgan fingerprint density at radius 3 is 2.29 bits per heavy atom. The number of rotatable bonds is 5. The molecule has 0 aliphatic heterocycles. The van der Waals surface area contributed by atoms with Gasteiger partial charge in [-0.15, -0.1) is 0 Å². The molecule has 1 N–H and O–H groups in total. The van der Waals surface area contributed by atoms with Crippen LogP contribution in [0.3, 0.4) is 0 Å². The first-order valence-electron chi connectivity index (χ1n) is 6.64. The lowest BCUT2D eigenvalue weighted by atomic mass is 9.87. The first-order valence-corrected chi connectivity index (χ1v) is 8.70. The molecule has 2 aliphatic rings. The molecule has 2 saturated carbocycles. The predicted molar refractivity (Wildman–Crippen MR) is 70.8 cm³/mol. The first-order chi connectivity index (χ1) is 7.73. The fraction of sp³-hybridized carbons (Fsp3) is 1.00. The molecule has 0 radical (unpaired) electrons. The molecule has 3 nitrogen and oxygen atoms in total. The van der Waals surface area contributed by atoms with Gasteiger partial charge >= 0.3 is 0 Å². The summed E-state index contributed by atoms with van der Waals surface area (Å²) in [4.78, 5) is 0. The Labute approximate surface area is 105 Å². The Kier molecular flexibility index (Phi) is 3.32. The van der Waals surface area contributed by atoms with E-state index < -0.39 is 9.84 Å². The van der Waals surface area contributed by atoms with E-state index in [9.17, 15) is 8.42 Å². The highest BCUT2D eigenvalue weighted by Gasteiger charge is 2.46. The van der Waals surface area contributed by atoms with E-state index in [1.807, 2.05) is 0 Å². The van der Waals surface area contributed by atoms with Crippen molar-refractivity contribution in [3.8, 4) is 0 Å². The lowest BCUT2D eigenvalue weighted by molar-refractivity contribution is 0.271. The Balaban J connectivity index is 1.86. The van der Waals surface area contributed by atoms with E-state index >= 15 is 0 Å². The van der Waals surface area contributed by atoms with Crippen LogP contribution >= 0.6 is 0 Å². The number of sulfone groups is 1. The largest absolute Gasteiger partial charge is 0.313 e. The Hall–Kier alpha value is -0.0900. The molecule has 0 spiro atoms. The molecule has 1 unspecified atom stereocenters. The van der Waals surface area contributed by atoms with E-state index in [4.69, 9.17) is 0 Å². The Bertz CT molecular complexity index is 382. The van der Waals surface area contributed by atoms with Crippen molar-refractivity contribution in [3.63, 3.8) is 0 Å². The molecule has 1 atom stereocenters. The molecule has 17 heavy (non-hydrogen) atoms. The van der Waals surface area contributed by atoms with Crippen LogP contribution in [0.2, 0.25) is 0 Å². The molecule has 0 aromatic rings. The van der Waals surface area contributed by atoms with E-state index in [1.165, 1.54) is 25.5 Å². The average Bonchev–Trinajstić information content (AvgIpc) is 2.79. The molecular weight excluding hydrogens is 234 g/mol. The maximum Gasteiger partial charge on any atom is 0.148 e. The van der Waals surface area contributed by atoms with Gasteiger partial charge in [0.15, 0.2) is 0 Å². The Morgan fingerprint density at radius 1 is 1.24 bits per heavy atom. The molecule has 0 amide bonds. The van der Waals surface area contributed by atoms with E-state index in [2.05, 4.69) is 19.2 Å². The van der Waals surface area contributed by atoms with Crippen LogP contribution < -0.4 is 5.32 Å². The van der Waals surface area contributed by atoms with Crippen molar-refractivity contribution < 1.29 is 8.42 Å². The van der Waals surface area contributed by atoms with Gasteiger partial charge in [-0.2, -0.15) is 0 Å². The molecule has 4 heteroatoms. The smallest absolute Gasteiger partial charge is 0.148 e. The highest BCUT2D eigenvalue weighted by Crippen LogP contribution is 2.47. The minimum atomic E-state index is -2.83. The molecule has 2 aliphatic carbocycles. The normalized spacial score (nSPS) is 30.4. The van der Waals surface area contributed by atoms with Crippen molar-refractivity contribution in [2.45, 2.75) is 52.0 Å². The van der Waals surface area contributed by atoms with E-state index in [1.54, 1.807) is 0 Å². The third kappa shape index (κ3) is 3.44. The average molecular weight is 259 g/mol. The third-order valence-corrected chi connectivity index (χ3v) is 5.64. The van der Waals surface area contributed by atoms with Crippen LogP contribution in [0.5, 0.6) is 0 Å². The zero-order chi connectivity index (χ0) is 12.7. The summed E-state index contributed by atoms with van der Waals surface area (Å²) in [5, 5.41) is 3.63. The number of hydrogen-bond acceptors (Lipinski definition) is 3. The molecule has 0 aromatic heterocycles. The second-order valence-electron chi connectivity index (χ2n) is 6.88. The summed E-state index contributed by atoms with van der Waals surface area (Å²) in [6.45, 7) is 5.51. The van der Waals surface area contributed by atoms with Gasteiger partial charge in [0.1, 0.15) is 9.84 Å². The third-order valence-electron chi connectivity index (χ3n) is 4.51. The SMILES string of the molecule is CC1(C)CCCC1NCC1(CS(C)(=O)=O)CC1. The standard InChI is InChI=1S/C13H25NO2S/c1-12(2)6-4-5-11(12)14-9-13(7-8-13)10-17(3,15)16/h11,14H,4-10H2,1-3H3. The first kappa shape index (κ1) is 13.3. The van der Waals surface area contributed by atoms with Gasteiger partial charge in [0.25, 0.3) is 0 Å². The van der Waals surface area contributed by atoms with Crippen molar-refractivity contribution in [1.82, 2.24) is 5.32 Å². The predicted octanol–water partition coefficient (Wildman–Crippen LogP) is 1.98. The van der Waals surface area contributed by atoms with E-state index in [0.29, 0.717) is 17.2 Å². The van der Waals surface area contributed by atoms with Crippen molar-refractivity contribution in [3.05, 3.63) is 0 Å². The van der Waals surface area contributed by atoms with Gasteiger partial charge in [-0.25, -0.2) is 8.42 Å². The van der Waals surface area contributed by atoms with Crippen molar-refractivity contribution >= 4 is 9.84 Å². The highest BCUT2D eigenvalue weighted by molar-refractivity contribution is 7.90. The zero-order valence-electron chi connectivity index (χ0n) is 11.3. The number of hydrogen-bond donors (Lipinski definition) is 1. The van der Waals surface area contributed by atoms with Crippen LogP contribution in [-0.4, -0.2) is 33.0 Å². The lowest BCUT2D eigenvalue weighted by Crippen LogP contribution is -2.42. The summed E-state index contributed by atoms with van der Waals surface area (Å²) in [5.74, 6) is 0.361. The second kappa shape index (κ2) is 4.23. The van der Waals surface area contributed by atoms with Gasteiger partial charge in [0.2, 0.25) is 0 Å². The molecule has 0 saturated heterocycles. The summed E-state index contributed by atoms with van der Waals surface area (Å²) in [6, 6.07) is 0.569.